The molecular weight excluding hydrogens is 438 g/mol. The first-order valence-corrected chi connectivity index (χ1v) is 10.2. The molecule has 0 N–H and O–H groups in total. The lowest BCUT2D eigenvalue weighted by Crippen LogP contribution is -2.33. The van der Waals surface area contributed by atoms with Gasteiger partial charge in [0.2, 0.25) is 0 Å². The molecule has 1 aliphatic heterocycles. The van der Waals surface area contributed by atoms with E-state index in [1.807, 2.05) is 18.2 Å². The van der Waals surface area contributed by atoms with E-state index in [0.717, 1.165) is 15.8 Å². The molecule has 132 valence electrons. The van der Waals surface area contributed by atoms with Gasteiger partial charge in [-0.05, 0) is 42.0 Å². The number of benzene rings is 2. The van der Waals surface area contributed by atoms with Crippen LogP contribution >= 0.6 is 39.3 Å². The zero-order valence-electron chi connectivity index (χ0n) is 13.4. The Hall–Kier alpha value is -1.76. The minimum absolute atomic E-state index is 0.0528. The molecule has 1 amide bonds. The van der Waals surface area contributed by atoms with Crippen molar-refractivity contribution < 1.29 is 9.21 Å². The fraction of sp³-hybridized carbons (Fsp3) is 0.158. The number of carbonyl (C=O) groups excluding carboxylic acids is 1. The summed E-state index contributed by atoms with van der Waals surface area (Å²) in [7, 11) is 0. The molecule has 4 rings (SSSR count). The van der Waals surface area contributed by atoms with Crippen LogP contribution in [0.4, 0.5) is 0 Å². The molecule has 26 heavy (non-hydrogen) atoms. The van der Waals surface area contributed by atoms with Gasteiger partial charge in [-0.1, -0.05) is 39.7 Å². The van der Waals surface area contributed by atoms with Gasteiger partial charge in [0.25, 0.3) is 5.91 Å². The molecule has 2 heterocycles. The highest BCUT2D eigenvalue weighted by atomic mass is 79.9. The largest absolute Gasteiger partial charge is 0.422 e. The molecule has 1 saturated heterocycles. The van der Waals surface area contributed by atoms with Gasteiger partial charge in [-0.15, -0.1) is 11.8 Å². The van der Waals surface area contributed by atoms with Gasteiger partial charge in [-0.3, -0.25) is 4.79 Å². The molecule has 3 aromatic rings. The number of hydrogen-bond donors (Lipinski definition) is 0. The van der Waals surface area contributed by atoms with Gasteiger partial charge in [-0.25, -0.2) is 4.79 Å². The molecule has 2 aromatic carbocycles. The summed E-state index contributed by atoms with van der Waals surface area (Å²) in [5.41, 5.74) is 0.881. The Morgan fingerprint density at radius 3 is 2.73 bits per heavy atom. The van der Waals surface area contributed by atoms with Gasteiger partial charge in [-0.2, -0.15) is 0 Å². The summed E-state index contributed by atoms with van der Waals surface area (Å²) >= 11 is 11.0. The number of thioether (sulfide) groups is 1. The van der Waals surface area contributed by atoms with E-state index in [4.69, 9.17) is 16.0 Å². The van der Waals surface area contributed by atoms with Crippen molar-refractivity contribution in [2.45, 2.75) is 5.37 Å². The Morgan fingerprint density at radius 2 is 1.96 bits per heavy atom. The number of carbonyl (C=O) groups is 1. The highest BCUT2D eigenvalue weighted by Gasteiger charge is 2.32. The van der Waals surface area contributed by atoms with Crippen LogP contribution in [0.5, 0.6) is 0 Å². The van der Waals surface area contributed by atoms with Gasteiger partial charge in [0.05, 0.1) is 0 Å². The fourth-order valence-electron chi connectivity index (χ4n) is 2.98. The van der Waals surface area contributed by atoms with E-state index in [0.29, 0.717) is 22.5 Å². The Balaban J connectivity index is 1.72. The van der Waals surface area contributed by atoms with Crippen molar-refractivity contribution in [1.82, 2.24) is 4.90 Å². The molecular formula is C19H13BrClNO3S. The lowest BCUT2D eigenvalue weighted by Gasteiger charge is -2.24. The average molecular weight is 451 g/mol. The zero-order valence-corrected chi connectivity index (χ0v) is 16.6. The molecule has 1 aliphatic rings. The molecule has 0 saturated carbocycles. The first kappa shape index (κ1) is 17.6. The highest BCUT2D eigenvalue weighted by Crippen LogP contribution is 2.39. The maximum Gasteiger partial charge on any atom is 0.349 e. The van der Waals surface area contributed by atoms with Crippen LogP contribution in [0.3, 0.4) is 0 Å². The number of rotatable bonds is 2. The van der Waals surface area contributed by atoms with Crippen LogP contribution in [0.15, 0.2) is 62.2 Å². The first-order chi connectivity index (χ1) is 12.5. The zero-order chi connectivity index (χ0) is 18.3. The summed E-state index contributed by atoms with van der Waals surface area (Å²) in [4.78, 5) is 27.1. The monoisotopic (exact) mass is 449 g/mol. The Morgan fingerprint density at radius 1 is 1.19 bits per heavy atom. The predicted molar refractivity (Wildman–Crippen MR) is 108 cm³/mol. The molecule has 0 unspecified atom stereocenters. The van der Waals surface area contributed by atoms with Crippen LogP contribution in [-0.2, 0) is 0 Å². The van der Waals surface area contributed by atoms with Crippen molar-refractivity contribution in [2.24, 2.45) is 0 Å². The summed E-state index contributed by atoms with van der Waals surface area (Å²) in [6.07, 6.45) is 0. The number of nitrogens with zero attached hydrogens (tertiary/aromatic N) is 1. The van der Waals surface area contributed by atoms with Crippen LogP contribution in [0.2, 0.25) is 5.02 Å². The van der Waals surface area contributed by atoms with Crippen LogP contribution in [0, 0.1) is 0 Å². The lowest BCUT2D eigenvalue weighted by atomic mass is 10.1. The van der Waals surface area contributed by atoms with Gasteiger partial charge < -0.3 is 9.32 Å². The Kier molecular flexibility index (Phi) is 4.82. The van der Waals surface area contributed by atoms with E-state index >= 15 is 0 Å². The van der Waals surface area contributed by atoms with Crippen LogP contribution in [0.1, 0.15) is 21.3 Å². The lowest BCUT2D eigenvalue weighted by molar-refractivity contribution is 0.0756. The van der Waals surface area contributed by atoms with Gasteiger partial charge in [0, 0.05) is 27.2 Å². The SMILES string of the molecule is O=C(c1cc2cc(Br)ccc2oc1=O)N1CCS[C@@H]1c1ccc(Cl)cc1. The third-order valence-corrected chi connectivity index (χ3v) is 6.24. The van der Waals surface area contributed by atoms with Gasteiger partial charge >= 0.3 is 5.63 Å². The summed E-state index contributed by atoms with van der Waals surface area (Å²) < 4.78 is 6.19. The van der Waals surface area contributed by atoms with Crippen molar-refractivity contribution in [1.29, 1.82) is 0 Å². The second kappa shape index (κ2) is 7.10. The van der Waals surface area contributed by atoms with E-state index in [2.05, 4.69) is 15.9 Å². The summed E-state index contributed by atoms with van der Waals surface area (Å²) in [5, 5.41) is 1.21. The van der Waals surface area contributed by atoms with Gasteiger partial charge in [0.1, 0.15) is 16.5 Å². The highest BCUT2D eigenvalue weighted by molar-refractivity contribution is 9.10. The van der Waals surface area contributed by atoms with E-state index in [9.17, 15) is 9.59 Å². The molecule has 7 heteroatoms. The second-order valence-electron chi connectivity index (χ2n) is 5.90. The molecule has 1 aromatic heterocycles. The van der Waals surface area contributed by atoms with Crippen LogP contribution in [-0.4, -0.2) is 23.1 Å². The standard InChI is InChI=1S/C19H13BrClNO3S/c20-13-3-6-16-12(9-13)10-15(19(24)25-16)17(23)22-7-8-26-18(22)11-1-4-14(21)5-2-11/h1-6,9-10,18H,7-8H2/t18-/m1/s1. The van der Waals surface area contributed by atoms with E-state index < -0.39 is 5.63 Å². The Bertz CT molecular complexity index is 1050. The van der Waals surface area contributed by atoms with E-state index in [1.54, 1.807) is 47.0 Å². The summed E-state index contributed by atoms with van der Waals surface area (Å²) in [6, 6.07) is 14.4. The van der Waals surface area contributed by atoms with Crippen molar-refractivity contribution in [3.8, 4) is 0 Å². The predicted octanol–water partition coefficient (Wildman–Crippen LogP) is 5.10. The van der Waals surface area contributed by atoms with Crippen LogP contribution in [0.25, 0.3) is 11.0 Å². The van der Waals surface area contributed by atoms with E-state index in [1.165, 1.54) is 0 Å². The maximum absolute atomic E-state index is 13.1. The normalized spacial score (nSPS) is 17.0. The molecule has 4 nitrogen and oxygen atoms in total. The molecule has 0 bridgehead atoms. The smallest absolute Gasteiger partial charge is 0.349 e. The number of fused-ring (bicyclic) bond motifs is 1. The number of amides is 1. The van der Waals surface area contributed by atoms with Gasteiger partial charge in [0.15, 0.2) is 0 Å². The van der Waals surface area contributed by atoms with E-state index in [-0.39, 0.29) is 16.8 Å². The second-order valence-corrected chi connectivity index (χ2v) is 8.44. The van der Waals surface area contributed by atoms with Crippen molar-refractivity contribution in [2.75, 3.05) is 12.3 Å². The average Bonchev–Trinajstić information content (AvgIpc) is 3.11. The molecule has 0 radical (unpaired) electrons. The van der Waals surface area contributed by atoms with Crippen molar-refractivity contribution in [3.05, 3.63) is 79.6 Å². The minimum atomic E-state index is -0.614. The third-order valence-electron chi connectivity index (χ3n) is 4.23. The molecule has 1 fully saturated rings. The van der Waals surface area contributed by atoms with Crippen molar-refractivity contribution >= 4 is 56.2 Å². The summed E-state index contributed by atoms with van der Waals surface area (Å²) in [6.45, 7) is 0.576. The summed E-state index contributed by atoms with van der Waals surface area (Å²) in [5.74, 6) is 0.495. The Labute approximate surface area is 167 Å². The maximum atomic E-state index is 13.1. The quantitative estimate of drug-likeness (QED) is 0.510. The van der Waals surface area contributed by atoms with Crippen molar-refractivity contribution in [3.63, 3.8) is 0 Å². The fourth-order valence-corrected chi connectivity index (χ4v) is 4.74. The molecule has 1 atom stereocenters. The third kappa shape index (κ3) is 3.29. The topological polar surface area (TPSA) is 50.5 Å². The number of hydrogen-bond acceptors (Lipinski definition) is 4. The first-order valence-electron chi connectivity index (χ1n) is 7.94. The number of halogens is 2. The minimum Gasteiger partial charge on any atom is -0.422 e. The molecule has 0 aliphatic carbocycles. The molecule has 0 spiro atoms. The van der Waals surface area contributed by atoms with Crippen LogP contribution < -0.4 is 5.63 Å².